The summed E-state index contributed by atoms with van der Waals surface area (Å²) < 4.78 is 18.4. The average Bonchev–Trinajstić information content (AvgIpc) is 3.53. The molecule has 1 aliphatic rings. The van der Waals surface area contributed by atoms with Crippen molar-refractivity contribution in [2.75, 3.05) is 13.2 Å². The lowest BCUT2D eigenvalue weighted by Gasteiger charge is -2.24. The van der Waals surface area contributed by atoms with Gasteiger partial charge in [-0.2, -0.15) is 0 Å². The van der Waals surface area contributed by atoms with Gasteiger partial charge in [-0.3, -0.25) is 9.36 Å². The molecule has 2 aromatic carbocycles. The molecule has 0 amide bonds. The number of hydrogen-bond donors (Lipinski definition) is 0. The fraction of sp³-hybridized carbons (Fsp3) is 0.200. The van der Waals surface area contributed by atoms with Crippen LogP contribution in [0.25, 0.3) is 17.4 Å². The van der Waals surface area contributed by atoms with Crippen LogP contribution in [0.3, 0.4) is 0 Å². The van der Waals surface area contributed by atoms with Gasteiger partial charge in [0.1, 0.15) is 11.5 Å². The zero-order valence-electron chi connectivity index (χ0n) is 21.7. The summed E-state index contributed by atoms with van der Waals surface area (Å²) in [6.07, 6.45) is 1.66. The molecule has 0 saturated heterocycles. The van der Waals surface area contributed by atoms with Gasteiger partial charge in [-0.15, -0.1) is 0 Å². The highest BCUT2D eigenvalue weighted by Crippen LogP contribution is 2.30. The zero-order chi connectivity index (χ0) is 27.5. The Balaban J connectivity index is 1.57. The highest BCUT2D eigenvalue weighted by atomic mass is 32.1. The molecule has 2 aromatic heterocycles. The first-order valence-corrected chi connectivity index (χ1v) is 13.3. The normalized spacial score (nSPS) is 15.1. The van der Waals surface area contributed by atoms with Crippen molar-refractivity contribution in [3.05, 3.63) is 115 Å². The quantitative estimate of drug-likeness (QED) is 0.324. The molecule has 0 fully saturated rings. The van der Waals surface area contributed by atoms with Crippen molar-refractivity contribution in [2.24, 2.45) is 4.99 Å². The summed E-state index contributed by atoms with van der Waals surface area (Å²) in [5.74, 6) is 0.109. The summed E-state index contributed by atoms with van der Waals surface area (Å²) in [5.41, 5.74) is 2.48. The Labute approximate surface area is 228 Å². The average molecular weight is 543 g/mol. The Bertz CT molecular complexity index is 1760. The summed E-state index contributed by atoms with van der Waals surface area (Å²) >= 11 is 1.22. The van der Waals surface area contributed by atoms with Gasteiger partial charge in [-0.05, 0) is 50.6 Å². The van der Waals surface area contributed by atoms with Gasteiger partial charge in [-0.25, -0.2) is 14.6 Å². The Hall–Kier alpha value is -4.50. The summed E-state index contributed by atoms with van der Waals surface area (Å²) in [6, 6.07) is 19.2. The van der Waals surface area contributed by atoms with Crippen molar-refractivity contribution >= 4 is 29.4 Å². The third-order valence-corrected chi connectivity index (χ3v) is 7.17. The standard InChI is InChI=1S/C30H26N2O6S/c1-4-36-28(34)21-13-9-12-20(16-21)23-15-14-22(38-23)17-24-27(33)32-26(19-10-7-6-8-11-19)25(29(35)37-5-2)18(3)31-30(32)39-24/h6-17,26H,4-5H2,1-3H3/b24-17-/t26-/m1/s1. The van der Waals surface area contributed by atoms with Gasteiger partial charge in [0, 0.05) is 11.6 Å². The number of benzene rings is 2. The lowest BCUT2D eigenvalue weighted by atomic mass is 9.96. The van der Waals surface area contributed by atoms with Gasteiger partial charge < -0.3 is 13.9 Å². The van der Waals surface area contributed by atoms with Crippen molar-refractivity contribution in [1.82, 2.24) is 4.57 Å². The first kappa shape index (κ1) is 26.1. The first-order valence-electron chi connectivity index (χ1n) is 12.5. The summed E-state index contributed by atoms with van der Waals surface area (Å²) in [6.45, 7) is 5.75. The molecule has 0 unspecified atom stereocenters. The lowest BCUT2D eigenvalue weighted by Crippen LogP contribution is -2.39. The highest BCUT2D eigenvalue weighted by Gasteiger charge is 2.33. The molecule has 9 heteroatoms. The Morgan fingerprint density at radius 1 is 1.00 bits per heavy atom. The first-order chi connectivity index (χ1) is 18.9. The smallest absolute Gasteiger partial charge is 0.338 e. The second kappa shape index (κ2) is 11.1. The number of fused-ring (bicyclic) bond motifs is 1. The predicted molar refractivity (Wildman–Crippen MR) is 147 cm³/mol. The molecule has 1 atom stereocenters. The minimum Gasteiger partial charge on any atom is -0.463 e. The van der Waals surface area contributed by atoms with E-state index in [1.165, 1.54) is 15.9 Å². The van der Waals surface area contributed by atoms with Crippen LogP contribution in [0.5, 0.6) is 0 Å². The number of ether oxygens (including phenoxy) is 2. The van der Waals surface area contributed by atoms with Gasteiger partial charge >= 0.3 is 11.9 Å². The van der Waals surface area contributed by atoms with E-state index >= 15 is 0 Å². The fourth-order valence-corrected chi connectivity index (χ4v) is 5.50. The van der Waals surface area contributed by atoms with Crippen LogP contribution >= 0.6 is 11.3 Å². The number of nitrogens with zero attached hydrogens (tertiary/aromatic N) is 2. The summed E-state index contributed by atoms with van der Waals surface area (Å²) in [5, 5.41) is 0. The molecule has 0 bridgehead atoms. The second-order valence-electron chi connectivity index (χ2n) is 8.72. The highest BCUT2D eigenvalue weighted by molar-refractivity contribution is 7.07. The molecule has 5 rings (SSSR count). The van der Waals surface area contributed by atoms with E-state index in [0.29, 0.717) is 43.3 Å². The maximum absolute atomic E-state index is 13.7. The Morgan fingerprint density at radius 3 is 2.49 bits per heavy atom. The molecule has 0 saturated carbocycles. The van der Waals surface area contributed by atoms with Crippen LogP contribution in [-0.4, -0.2) is 29.7 Å². The third-order valence-electron chi connectivity index (χ3n) is 6.19. The molecule has 1 aliphatic heterocycles. The summed E-state index contributed by atoms with van der Waals surface area (Å²) in [4.78, 5) is 43.9. The maximum atomic E-state index is 13.7. The van der Waals surface area contributed by atoms with Crippen LogP contribution in [-0.2, 0) is 14.3 Å². The van der Waals surface area contributed by atoms with Gasteiger partial charge in [0.2, 0.25) is 0 Å². The van der Waals surface area contributed by atoms with Crippen molar-refractivity contribution in [3.63, 3.8) is 0 Å². The largest absolute Gasteiger partial charge is 0.463 e. The van der Waals surface area contributed by atoms with Crippen molar-refractivity contribution < 1.29 is 23.5 Å². The molecular weight excluding hydrogens is 516 g/mol. The Kier molecular flexibility index (Phi) is 7.42. The number of hydrogen-bond acceptors (Lipinski definition) is 8. The van der Waals surface area contributed by atoms with Crippen LogP contribution in [0.15, 0.2) is 92.2 Å². The topological polar surface area (TPSA) is 100 Å². The van der Waals surface area contributed by atoms with Crippen molar-refractivity contribution in [1.29, 1.82) is 0 Å². The molecule has 0 radical (unpaired) electrons. The van der Waals surface area contributed by atoms with E-state index in [-0.39, 0.29) is 18.8 Å². The van der Waals surface area contributed by atoms with Crippen molar-refractivity contribution in [2.45, 2.75) is 26.8 Å². The van der Waals surface area contributed by atoms with E-state index in [1.54, 1.807) is 57.2 Å². The van der Waals surface area contributed by atoms with Gasteiger partial charge in [0.15, 0.2) is 4.80 Å². The van der Waals surface area contributed by atoms with Crippen LogP contribution in [0.4, 0.5) is 0 Å². The minimum absolute atomic E-state index is 0.213. The number of esters is 2. The van der Waals surface area contributed by atoms with E-state index < -0.39 is 18.0 Å². The van der Waals surface area contributed by atoms with E-state index in [4.69, 9.17) is 13.9 Å². The molecule has 4 aromatic rings. The molecule has 8 nitrogen and oxygen atoms in total. The monoisotopic (exact) mass is 542 g/mol. The SMILES string of the molecule is CCOC(=O)C1=C(C)N=c2s/c(=C\c3ccc(-c4cccc(C(=O)OCC)c4)o3)c(=O)n2[C@@H]1c1ccccc1. The zero-order valence-corrected chi connectivity index (χ0v) is 22.5. The molecular formula is C30H26N2O6S. The van der Waals surface area contributed by atoms with Crippen LogP contribution in [0, 0.1) is 0 Å². The van der Waals surface area contributed by atoms with E-state index in [1.807, 2.05) is 36.4 Å². The number of furan rings is 1. The number of aromatic nitrogens is 1. The number of allylic oxidation sites excluding steroid dienone is 1. The summed E-state index contributed by atoms with van der Waals surface area (Å²) in [7, 11) is 0. The molecule has 0 spiro atoms. The molecule has 0 N–H and O–H groups in total. The molecule has 3 heterocycles. The second-order valence-corrected chi connectivity index (χ2v) is 9.73. The third kappa shape index (κ3) is 5.13. The number of thiazole rings is 1. The molecule has 39 heavy (non-hydrogen) atoms. The molecule has 0 aliphatic carbocycles. The van der Waals surface area contributed by atoms with Crippen molar-refractivity contribution in [3.8, 4) is 11.3 Å². The van der Waals surface area contributed by atoms with Gasteiger partial charge in [-0.1, -0.05) is 53.8 Å². The number of rotatable bonds is 7. The Morgan fingerprint density at radius 2 is 1.74 bits per heavy atom. The van der Waals surface area contributed by atoms with Crippen LogP contribution < -0.4 is 14.9 Å². The van der Waals surface area contributed by atoms with Crippen LogP contribution in [0.1, 0.15) is 48.5 Å². The van der Waals surface area contributed by atoms with Crippen LogP contribution in [0.2, 0.25) is 0 Å². The minimum atomic E-state index is -0.665. The predicted octanol–water partition coefficient (Wildman–Crippen LogP) is 4.24. The van der Waals surface area contributed by atoms with E-state index in [0.717, 1.165) is 5.56 Å². The lowest BCUT2D eigenvalue weighted by molar-refractivity contribution is -0.139. The fourth-order valence-electron chi connectivity index (χ4n) is 4.47. The van der Waals surface area contributed by atoms with E-state index in [2.05, 4.69) is 4.99 Å². The number of carbonyl (C=O) groups excluding carboxylic acids is 2. The molecule has 198 valence electrons. The van der Waals surface area contributed by atoms with Gasteiger partial charge in [0.25, 0.3) is 5.56 Å². The van der Waals surface area contributed by atoms with E-state index in [9.17, 15) is 14.4 Å². The maximum Gasteiger partial charge on any atom is 0.338 e. The number of carbonyl (C=O) groups is 2. The van der Waals surface area contributed by atoms with Gasteiger partial charge in [0.05, 0.1) is 40.6 Å².